The van der Waals surface area contributed by atoms with Gasteiger partial charge in [0, 0.05) is 6.42 Å². The van der Waals surface area contributed by atoms with Crippen LogP contribution in [0.15, 0.2) is 109 Å². The van der Waals surface area contributed by atoms with Crippen LogP contribution in [0.4, 0.5) is 0 Å². The van der Waals surface area contributed by atoms with Crippen molar-refractivity contribution in [3.05, 3.63) is 109 Å². The molecule has 3 unspecified atom stereocenters. The largest absolute Gasteiger partial charge is 0.462 e. The Hall–Kier alpha value is -3.48. The second kappa shape index (κ2) is 43.6. The van der Waals surface area contributed by atoms with E-state index in [0.717, 1.165) is 89.9 Å². The molecule has 0 aliphatic heterocycles. The molecule has 0 aliphatic rings. The number of esters is 1. The third-order valence-electron chi connectivity index (χ3n) is 9.54. The normalized spacial score (nSPS) is 14.4. The second-order valence-electron chi connectivity index (χ2n) is 14.9. The number of aliphatic hydroxyl groups excluding tert-OH is 2. The van der Waals surface area contributed by atoms with Gasteiger partial charge in [-0.05, 0) is 64.2 Å². The monoisotopic (exact) mass is 790 g/mol. The fourth-order valence-electron chi connectivity index (χ4n) is 6.12. The molecule has 0 aliphatic carbocycles. The summed E-state index contributed by atoms with van der Waals surface area (Å²) in [7, 11) is 0. The van der Waals surface area contributed by atoms with Crippen molar-refractivity contribution in [3.63, 3.8) is 0 Å². The van der Waals surface area contributed by atoms with Crippen LogP contribution in [0.1, 0.15) is 175 Å². The average molecular weight is 790 g/mol. The fourth-order valence-corrected chi connectivity index (χ4v) is 6.12. The zero-order valence-corrected chi connectivity index (χ0v) is 36.4. The van der Waals surface area contributed by atoms with Gasteiger partial charge in [0.05, 0.1) is 25.2 Å². The lowest BCUT2D eigenvalue weighted by atomic mass is 10.0. The molecular weight excluding hydrogens is 707 g/mol. The summed E-state index contributed by atoms with van der Waals surface area (Å²) in [5, 5.41) is 23.6. The first-order valence-corrected chi connectivity index (χ1v) is 22.7. The Bertz CT molecular complexity index is 1200. The molecule has 0 bridgehead atoms. The summed E-state index contributed by atoms with van der Waals surface area (Å²) in [6.07, 6.45) is 58.5. The van der Waals surface area contributed by atoms with Gasteiger partial charge in [-0.3, -0.25) is 9.59 Å². The van der Waals surface area contributed by atoms with Gasteiger partial charge in [-0.1, -0.05) is 207 Å². The number of rotatable bonds is 38. The summed E-state index contributed by atoms with van der Waals surface area (Å²) >= 11 is 0. The lowest BCUT2D eigenvalue weighted by molar-refractivity contribution is -0.151. The number of allylic oxidation sites excluding steroid dienone is 18. The standard InChI is InChI=1S/C51H83NO5/c1-4-7-10-13-16-19-21-23-24-25-27-28-31-33-36-39-42-47(57-51(56)44-41-38-35-32-29-26-22-20-17-14-11-8-5-2)45-50(55)52-48(46-53)49(54)43-40-37-34-30-18-15-12-9-6-3/h8,10-11,13-14,16-17,19-29,47-49,53-54H,4-7,9,12,15,18,30-46H2,1-3H3,(H,52,55)/b11-8+,13-10+,17-14+,19-16+,22-20-,23-21+,25-24+,28-27+,29-26-. The van der Waals surface area contributed by atoms with Crippen LogP contribution in [0, 0.1) is 0 Å². The first-order valence-electron chi connectivity index (χ1n) is 22.7. The Labute approximate surface area is 349 Å². The van der Waals surface area contributed by atoms with E-state index in [9.17, 15) is 19.8 Å². The number of ether oxygens (including phenoxy) is 1. The summed E-state index contributed by atoms with van der Waals surface area (Å²) < 4.78 is 5.86. The van der Waals surface area contributed by atoms with E-state index >= 15 is 0 Å². The van der Waals surface area contributed by atoms with Gasteiger partial charge in [-0.15, -0.1) is 0 Å². The number of hydrogen-bond donors (Lipinski definition) is 3. The summed E-state index contributed by atoms with van der Waals surface area (Å²) in [4.78, 5) is 26.0. The Kier molecular flexibility index (Phi) is 41.0. The Morgan fingerprint density at radius 3 is 1.51 bits per heavy atom. The molecule has 6 heteroatoms. The van der Waals surface area contributed by atoms with Gasteiger partial charge in [-0.2, -0.15) is 0 Å². The maximum absolute atomic E-state index is 13.1. The molecule has 57 heavy (non-hydrogen) atoms. The highest BCUT2D eigenvalue weighted by Gasteiger charge is 2.24. The van der Waals surface area contributed by atoms with Crippen molar-refractivity contribution in [1.29, 1.82) is 0 Å². The third-order valence-corrected chi connectivity index (χ3v) is 9.54. The minimum absolute atomic E-state index is 0.0256. The van der Waals surface area contributed by atoms with Crippen molar-refractivity contribution in [2.45, 2.75) is 193 Å². The zero-order chi connectivity index (χ0) is 41.7. The van der Waals surface area contributed by atoms with Gasteiger partial charge in [0.2, 0.25) is 5.91 Å². The Morgan fingerprint density at radius 2 is 0.982 bits per heavy atom. The number of amides is 1. The smallest absolute Gasteiger partial charge is 0.306 e. The van der Waals surface area contributed by atoms with E-state index in [2.05, 4.69) is 68.6 Å². The van der Waals surface area contributed by atoms with E-state index in [1.807, 2.05) is 66.8 Å². The van der Waals surface area contributed by atoms with Gasteiger partial charge in [0.1, 0.15) is 6.10 Å². The minimum Gasteiger partial charge on any atom is -0.462 e. The van der Waals surface area contributed by atoms with Crippen LogP contribution in [0.25, 0.3) is 0 Å². The SMILES string of the molecule is CC/C=C/C=C/C=C\C=C/CCCCCC(=O)OC(CCCCC/C=C/C=C/C=C/C=C/C=C/CCC)CC(=O)NC(CO)C(O)CCCCCCCCCCC. The number of carbonyl (C=O) groups excluding carboxylic acids is 2. The molecule has 0 fully saturated rings. The van der Waals surface area contributed by atoms with E-state index < -0.39 is 18.2 Å². The molecule has 0 aromatic rings. The number of nitrogens with one attached hydrogen (secondary N) is 1. The van der Waals surface area contributed by atoms with Gasteiger partial charge < -0.3 is 20.3 Å². The topological polar surface area (TPSA) is 95.9 Å². The van der Waals surface area contributed by atoms with Crippen molar-refractivity contribution in [1.82, 2.24) is 5.32 Å². The predicted octanol–water partition coefficient (Wildman–Crippen LogP) is 13.2. The maximum Gasteiger partial charge on any atom is 0.306 e. The molecule has 0 heterocycles. The van der Waals surface area contributed by atoms with Gasteiger partial charge in [-0.25, -0.2) is 0 Å². The predicted molar refractivity (Wildman–Crippen MR) is 245 cm³/mol. The first kappa shape index (κ1) is 53.5. The van der Waals surface area contributed by atoms with Crippen LogP contribution in [-0.2, 0) is 14.3 Å². The Morgan fingerprint density at radius 1 is 0.526 bits per heavy atom. The van der Waals surface area contributed by atoms with Gasteiger partial charge in [0.25, 0.3) is 0 Å². The summed E-state index contributed by atoms with van der Waals surface area (Å²) in [5.74, 6) is -0.578. The molecule has 0 spiro atoms. The number of unbranched alkanes of at least 4 members (excludes halogenated alkanes) is 15. The maximum atomic E-state index is 13.1. The number of carbonyl (C=O) groups is 2. The molecule has 0 radical (unpaired) electrons. The van der Waals surface area contributed by atoms with E-state index in [1.165, 1.54) is 38.5 Å². The molecule has 322 valence electrons. The lowest BCUT2D eigenvalue weighted by Crippen LogP contribution is -2.46. The molecule has 6 nitrogen and oxygen atoms in total. The third kappa shape index (κ3) is 39.1. The molecule has 3 N–H and O–H groups in total. The van der Waals surface area contributed by atoms with Crippen LogP contribution in [-0.4, -0.2) is 46.9 Å². The minimum atomic E-state index is -0.811. The Balaban J connectivity index is 4.83. The highest BCUT2D eigenvalue weighted by Crippen LogP contribution is 2.16. The average Bonchev–Trinajstić information content (AvgIpc) is 3.20. The molecular formula is C51H83NO5. The van der Waals surface area contributed by atoms with Crippen molar-refractivity contribution in [3.8, 4) is 0 Å². The first-order chi connectivity index (χ1) is 28.0. The second-order valence-corrected chi connectivity index (χ2v) is 14.9. The van der Waals surface area contributed by atoms with Gasteiger partial charge in [0.15, 0.2) is 0 Å². The lowest BCUT2D eigenvalue weighted by Gasteiger charge is -2.24. The van der Waals surface area contributed by atoms with Crippen molar-refractivity contribution >= 4 is 11.9 Å². The van der Waals surface area contributed by atoms with Crippen LogP contribution in [0.5, 0.6) is 0 Å². The van der Waals surface area contributed by atoms with Crippen LogP contribution in [0.3, 0.4) is 0 Å². The highest BCUT2D eigenvalue weighted by molar-refractivity contribution is 5.77. The molecule has 0 aromatic heterocycles. The molecule has 3 atom stereocenters. The summed E-state index contributed by atoms with van der Waals surface area (Å²) in [5.41, 5.74) is 0. The van der Waals surface area contributed by atoms with E-state index in [-0.39, 0.29) is 24.9 Å². The number of hydrogen-bond acceptors (Lipinski definition) is 5. The quantitative estimate of drug-likeness (QED) is 0.0329. The summed E-state index contributed by atoms with van der Waals surface area (Å²) in [6.45, 7) is 6.18. The zero-order valence-electron chi connectivity index (χ0n) is 36.4. The van der Waals surface area contributed by atoms with Crippen molar-refractivity contribution in [2.24, 2.45) is 0 Å². The van der Waals surface area contributed by atoms with Crippen LogP contribution >= 0.6 is 0 Å². The molecule has 0 aromatic carbocycles. The van der Waals surface area contributed by atoms with Crippen molar-refractivity contribution < 1.29 is 24.5 Å². The van der Waals surface area contributed by atoms with E-state index in [0.29, 0.717) is 19.3 Å². The highest BCUT2D eigenvalue weighted by atomic mass is 16.5. The van der Waals surface area contributed by atoms with E-state index in [1.54, 1.807) is 0 Å². The molecule has 0 rings (SSSR count). The fraction of sp³-hybridized carbons (Fsp3) is 0.608. The molecule has 1 amide bonds. The van der Waals surface area contributed by atoms with Gasteiger partial charge >= 0.3 is 5.97 Å². The van der Waals surface area contributed by atoms with E-state index in [4.69, 9.17) is 4.74 Å². The number of aliphatic hydroxyl groups is 2. The molecule has 0 saturated heterocycles. The summed E-state index contributed by atoms with van der Waals surface area (Å²) in [6, 6.07) is -0.729. The van der Waals surface area contributed by atoms with Crippen LogP contribution < -0.4 is 5.32 Å². The molecule has 0 saturated carbocycles. The van der Waals surface area contributed by atoms with Crippen LogP contribution in [0.2, 0.25) is 0 Å². The van der Waals surface area contributed by atoms with Crippen molar-refractivity contribution in [2.75, 3.05) is 6.61 Å².